The Kier molecular flexibility index (Phi) is 4.33. The van der Waals surface area contributed by atoms with Gasteiger partial charge >= 0.3 is 0 Å². The molecule has 2 nitrogen and oxygen atoms in total. The number of aryl methyl sites for hydroxylation is 1. The van der Waals surface area contributed by atoms with Gasteiger partial charge in [-0.1, -0.05) is 56.8 Å². The molecule has 0 aliphatic rings. The van der Waals surface area contributed by atoms with Crippen molar-refractivity contribution < 1.29 is 4.74 Å². The van der Waals surface area contributed by atoms with Gasteiger partial charge in [0, 0.05) is 0 Å². The Morgan fingerprint density at radius 3 is 2.43 bits per heavy atom. The molecular weight excluding hydrogens is 278 g/mol. The molecule has 2 N–H and O–H groups in total. The van der Waals surface area contributed by atoms with Crippen LogP contribution in [0.25, 0.3) is 0 Å². The highest BCUT2D eigenvalue weighted by Crippen LogP contribution is 2.30. The molecule has 0 heterocycles. The molecular formula is C18H21NOS. The third-order valence-electron chi connectivity index (χ3n) is 3.33. The monoisotopic (exact) mass is 299 g/mol. The number of ether oxygens (including phenoxy) is 1. The van der Waals surface area contributed by atoms with E-state index in [1.165, 1.54) is 5.56 Å². The quantitative estimate of drug-likeness (QED) is 0.833. The first-order chi connectivity index (χ1) is 9.77. The lowest BCUT2D eigenvalue weighted by Gasteiger charge is -2.20. The average Bonchev–Trinajstić information content (AvgIpc) is 2.40. The summed E-state index contributed by atoms with van der Waals surface area (Å²) in [4.78, 5) is 0.348. The maximum absolute atomic E-state index is 5.99. The predicted molar refractivity (Wildman–Crippen MR) is 92.3 cm³/mol. The maximum atomic E-state index is 5.99. The van der Waals surface area contributed by atoms with Gasteiger partial charge in [-0.05, 0) is 42.2 Å². The van der Waals surface area contributed by atoms with Gasteiger partial charge in [-0.3, -0.25) is 0 Å². The second kappa shape index (κ2) is 5.86. The van der Waals surface area contributed by atoms with E-state index in [2.05, 4.69) is 32.9 Å². The summed E-state index contributed by atoms with van der Waals surface area (Å²) >= 11 is 5.11. The molecule has 0 aliphatic carbocycles. The molecule has 2 aromatic carbocycles. The summed E-state index contributed by atoms with van der Waals surface area (Å²) in [6, 6.07) is 14.0. The molecule has 0 unspecified atom stereocenters. The van der Waals surface area contributed by atoms with Gasteiger partial charge in [-0.2, -0.15) is 0 Å². The Balaban J connectivity index is 2.37. The SMILES string of the molecule is Cc1ccc(Oc2cccc(C(C)(C)C)c2)c(C(N)=S)c1. The Morgan fingerprint density at radius 2 is 1.81 bits per heavy atom. The summed E-state index contributed by atoms with van der Waals surface area (Å²) in [6.45, 7) is 8.54. The molecule has 0 bridgehead atoms. The van der Waals surface area contributed by atoms with Crippen LogP contribution in [0.2, 0.25) is 0 Å². The van der Waals surface area contributed by atoms with Crippen molar-refractivity contribution in [3.63, 3.8) is 0 Å². The molecule has 2 rings (SSSR count). The molecule has 0 saturated carbocycles. The number of hydrogen-bond acceptors (Lipinski definition) is 2. The lowest BCUT2D eigenvalue weighted by molar-refractivity contribution is 0.477. The maximum Gasteiger partial charge on any atom is 0.137 e. The number of hydrogen-bond donors (Lipinski definition) is 1. The van der Waals surface area contributed by atoms with Crippen LogP contribution in [0.4, 0.5) is 0 Å². The summed E-state index contributed by atoms with van der Waals surface area (Å²) < 4.78 is 5.99. The first-order valence-corrected chi connectivity index (χ1v) is 7.37. The van der Waals surface area contributed by atoms with Gasteiger partial charge < -0.3 is 10.5 Å². The van der Waals surface area contributed by atoms with Crippen LogP contribution >= 0.6 is 12.2 Å². The zero-order valence-corrected chi connectivity index (χ0v) is 13.8. The van der Waals surface area contributed by atoms with Crippen LogP contribution in [0.3, 0.4) is 0 Å². The minimum absolute atomic E-state index is 0.0820. The summed E-state index contributed by atoms with van der Waals surface area (Å²) in [7, 11) is 0. The fourth-order valence-electron chi connectivity index (χ4n) is 2.08. The van der Waals surface area contributed by atoms with Crippen LogP contribution in [-0.4, -0.2) is 4.99 Å². The molecule has 0 radical (unpaired) electrons. The third kappa shape index (κ3) is 3.82. The van der Waals surface area contributed by atoms with E-state index in [-0.39, 0.29) is 5.41 Å². The third-order valence-corrected chi connectivity index (χ3v) is 3.55. The van der Waals surface area contributed by atoms with Gasteiger partial charge in [0.1, 0.15) is 16.5 Å². The zero-order valence-electron chi connectivity index (χ0n) is 12.9. The Hall–Kier alpha value is -1.87. The summed E-state index contributed by atoms with van der Waals surface area (Å²) in [6.07, 6.45) is 0. The highest BCUT2D eigenvalue weighted by molar-refractivity contribution is 7.80. The number of nitrogens with two attached hydrogens (primary N) is 1. The van der Waals surface area contributed by atoms with Gasteiger partial charge in [0.15, 0.2) is 0 Å². The van der Waals surface area contributed by atoms with Crippen molar-refractivity contribution in [2.75, 3.05) is 0 Å². The van der Waals surface area contributed by atoms with Crippen molar-refractivity contribution in [2.24, 2.45) is 5.73 Å². The van der Waals surface area contributed by atoms with Crippen LogP contribution < -0.4 is 10.5 Å². The van der Waals surface area contributed by atoms with Gasteiger partial charge in [-0.15, -0.1) is 0 Å². The van der Waals surface area contributed by atoms with Crippen molar-refractivity contribution in [1.82, 2.24) is 0 Å². The molecule has 0 aromatic heterocycles. The summed E-state index contributed by atoms with van der Waals surface area (Å²) in [5, 5.41) is 0. The second-order valence-electron chi connectivity index (χ2n) is 6.24. The minimum atomic E-state index is 0.0820. The first kappa shape index (κ1) is 15.5. The standard InChI is InChI=1S/C18H21NOS/c1-12-8-9-16(15(10-12)17(19)21)20-14-7-5-6-13(11-14)18(2,3)4/h5-11H,1-4H3,(H2,19,21). The van der Waals surface area contributed by atoms with Crippen LogP contribution in [0.1, 0.15) is 37.5 Å². The van der Waals surface area contributed by atoms with Crippen molar-refractivity contribution >= 4 is 17.2 Å². The minimum Gasteiger partial charge on any atom is -0.457 e. The van der Waals surface area contributed by atoms with Gasteiger partial charge in [0.2, 0.25) is 0 Å². The normalized spacial score (nSPS) is 11.2. The summed E-state index contributed by atoms with van der Waals surface area (Å²) in [5.74, 6) is 1.49. The lowest BCUT2D eigenvalue weighted by atomic mass is 9.87. The van der Waals surface area contributed by atoms with Crippen LogP contribution in [0, 0.1) is 6.92 Å². The van der Waals surface area contributed by atoms with E-state index in [1.54, 1.807) is 0 Å². The van der Waals surface area contributed by atoms with E-state index in [1.807, 2.05) is 37.3 Å². The van der Waals surface area contributed by atoms with Crippen LogP contribution in [0.15, 0.2) is 42.5 Å². The first-order valence-electron chi connectivity index (χ1n) is 6.96. The fraction of sp³-hybridized carbons (Fsp3) is 0.278. The summed E-state index contributed by atoms with van der Waals surface area (Å²) in [5.41, 5.74) is 8.97. The molecule has 0 spiro atoms. The zero-order chi connectivity index (χ0) is 15.6. The highest BCUT2D eigenvalue weighted by Gasteiger charge is 2.15. The molecule has 110 valence electrons. The average molecular weight is 299 g/mol. The van der Waals surface area contributed by atoms with E-state index in [4.69, 9.17) is 22.7 Å². The molecule has 0 fully saturated rings. The fourth-order valence-corrected chi connectivity index (χ4v) is 2.24. The van der Waals surface area contributed by atoms with Crippen molar-refractivity contribution in [3.05, 3.63) is 59.2 Å². The van der Waals surface area contributed by atoms with E-state index >= 15 is 0 Å². The van der Waals surface area contributed by atoms with Gasteiger partial charge in [0.25, 0.3) is 0 Å². The largest absolute Gasteiger partial charge is 0.457 e. The van der Waals surface area contributed by atoms with Crippen LogP contribution in [-0.2, 0) is 5.41 Å². The van der Waals surface area contributed by atoms with E-state index < -0.39 is 0 Å². The van der Waals surface area contributed by atoms with Crippen molar-refractivity contribution in [2.45, 2.75) is 33.1 Å². The molecule has 0 saturated heterocycles. The Bertz CT molecular complexity index is 671. The lowest BCUT2D eigenvalue weighted by Crippen LogP contribution is -2.12. The Labute approximate surface area is 131 Å². The highest BCUT2D eigenvalue weighted by atomic mass is 32.1. The van der Waals surface area contributed by atoms with Crippen LogP contribution in [0.5, 0.6) is 11.5 Å². The molecule has 0 aliphatic heterocycles. The number of thiocarbonyl (C=S) groups is 1. The second-order valence-corrected chi connectivity index (χ2v) is 6.68. The molecule has 3 heteroatoms. The molecule has 2 aromatic rings. The Morgan fingerprint density at radius 1 is 1.10 bits per heavy atom. The smallest absolute Gasteiger partial charge is 0.137 e. The van der Waals surface area contributed by atoms with E-state index in [0.29, 0.717) is 10.7 Å². The van der Waals surface area contributed by atoms with E-state index in [0.717, 1.165) is 16.9 Å². The molecule has 0 amide bonds. The predicted octanol–water partition coefficient (Wildman–Crippen LogP) is 4.72. The van der Waals surface area contributed by atoms with Crippen molar-refractivity contribution in [1.29, 1.82) is 0 Å². The van der Waals surface area contributed by atoms with Crippen molar-refractivity contribution in [3.8, 4) is 11.5 Å². The molecule has 0 atom stereocenters. The van der Waals surface area contributed by atoms with Gasteiger partial charge in [-0.25, -0.2) is 0 Å². The number of rotatable bonds is 3. The number of benzene rings is 2. The van der Waals surface area contributed by atoms with Gasteiger partial charge in [0.05, 0.1) is 5.56 Å². The topological polar surface area (TPSA) is 35.2 Å². The molecule has 21 heavy (non-hydrogen) atoms. The van der Waals surface area contributed by atoms with E-state index in [9.17, 15) is 0 Å².